The third kappa shape index (κ3) is 1.60. The first-order chi connectivity index (χ1) is 8.79. The van der Waals surface area contributed by atoms with Crippen LogP contribution in [0.15, 0.2) is 36.7 Å². The lowest BCUT2D eigenvalue weighted by atomic mass is 10.3. The van der Waals surface area contributed by atoms with Gasteiger partial charge in [-0.3, -0.25) is 4.40 Å². The third-order valence-electron chi connectivity index (χ3n) is 2.68. The molecule has 0 N–H and O–H groups in total. The predicted octanol–water partition coefficient (Wildman–Crippen LogP) is 2.06. The Bertz CT molecular complexity index is 733. The Morgan fingerprint density at radius 2 is 2.33 bits per heavy atom. The average molecular weight is 241 g/mol. The molecule has 0 atom stereocenters. The van der Waals surface area contributed by atoms with Crippen molar-refractivity contribution in [2.45, 2.75) is 6.92 Å². The van der Waals surface area contributed by atoms with Crippen LogP contribution >= 0.6 is 0 Å². The lowest BCUT2D eigenvalue weighted by molar-refractivity contribution is 0.0519. The van der Waals surface area contributed by atoms with Gasteiger partial charge in [-0.05, 0) is 25.1 Å². The monoisotopic (exact) mass is 241 g/mol. The molecule has 90 valence electrons. The quantitative estimate of drug-likeness (QED) is 0.644. The standard InChI is InChI=1S/C13H11N3O2/c1-2-18-13(17)9-7-11-10(8-14-9)15-12-5-3-4-6-16(11)12/h3-8H,2H2,1H3. The summed E-state index contributed by atoms with van der Waals surface area (Å²) in [5.41, 5.74) is 2.74. The number of ether oxygens (including phenoxy) is 1. The van der Waals surface area contributed by atoms with Crippen molar-refractivity contribution in [1.82, 2.24) is 14.4 Å². The van der Waals surface area contributed by atoms with E-state index in [1.165, 1.54) is 0 Å². The van der Waals surface area contributed by atoms with Gasteiger partial charge in [0, 0.05) is 6.20 Å². The van der Waals surface area contributed by atoms with Crippen molar-refractivity contribution in [2.75, 3.05) is 6.61 Å². The number of hydrogen-bond acceptors (Lipinski definition) is 4. The molecule has 0 saturated carbocycles. The van der Waals surface area contributed by atoms with Gasteiger partial charge in [0.15, 0.2) is 5.69 Å². The smallest absolute Gasteiger partial charge is 0.356 e. The Morgan fingerprint density at radius 1 is 1.44 bits per heavy atom. The largest absolute Gasteiger partial charge is 0.461 e. The lowest BCUT2D eigenvalue weighted by Crippen LogP contribution is -2.06. The molecular formula is C13H11N3O2. The van der Waals surface area contributed by atoms with Gasteiger partial charge in [0.05, 0.1) is 18.3 Å². The molecule has 0 amide bonds. The minimum Gasteiger partial charge on any atom is -0.461 e. The third-order valence-corrected chi connectivity index (χ3v) is 2.68. The number of nitrogens with zero attached hydrogens (tertiary/aromatic N) is 3. The van der Waals surface area contributed by atoms with Gasteiger partial charge in [-0.2, -0.15) is 0 Å². The van der Waals surface area contributed by atoms with E-state index in [1.54, 1.807) is 19.2 Å². The molecule has 3 aromatic heterocycles. The normalized spacial score (nSPS) is 10.9. The van der Waals surface area contributed by atoms with Crippen LogP contribution in [0.25, 0.3) is 16.7 Å². The number of carbonyl (C=O) groups is 1. The number of aromatic nitrogens is 3. The van der Waals surface area contributed by atoms with E-state index < -0.39 is 5.97 Å². The first-order valence-corrected chi connectivity index (χ1v) is 5.69. The lowest BCUT2D eigenvalue weighted by Gasteiger charge is -2.00. The molecule has 5 nitrogen and oxygen atoms in total. The van der Waals surface area contributed by atoms with Gasteiger partial charge in [-0.25, -0.2) is 14.8 Å². The summed E-state index contributed by atoms with van der Waals surface area (Å²) < 4.78 is 6.85. The van der Waals surface area contributed by atoms with E-state index in [1.807, 2.05) is 28.8 Å². The Labute approximate surface area is 103 Å². The first-order valence-electron chi connectivity index (χ1n) is 5.69. The van der Waals surface area contributed by atoms with Crippen LogP contribution in [-0.2, 0) is 4.74 Å². The van der Waals surface area contributed by atoms with Crippen molar-refractivity contribution in [3.8, 4) is 0 Å². The second-order valence-electron chi connectivity index (χ2n) is 3.82. The number of pyridine rings is 2. The summed E-state index contributed by atoms with van der Waals surface area (Å²) >= 11 is 0. The molecule has 18 heavy (non-hydrogen) atoms. The number of imidazole rings is 1. The number of carbonyl (C=O) groups excluding carboxylic acids is 1. The Kier molecular flexibility index (Phi) is 2.44. The molecule has 5 heteroatoms. The van der Waals surface area contributed by atoms with Gasteiger partial charge in [0.25, 0.3) is 0 Å². The Hall–Kier alpha value is -2.43. The van der Waals surface area contributed by atoms with E-state index in [0.29, 0.717) is 12.3 Å². The van der Waals surface area contributed by atoms with Crippen molar-refractivity contribution in [1.29, 1.82) is 0 Å². The van der Waals surface area contributed by atoms with Gasteiger partial charge in [0.1, 0.15) is 11.2 Å². The molecule has 0 aliphatic rings. The topological polar surface area (TPSA) is 56.5 Å². The van der Waals surface area contributed by atoms with E-state index in [0.717, 1.165) is 16.7 Å². The van der Waals surface area contributed by atoms with Crippen LogP contribution < -0.4 is 0 Å². The minimum absolute atomic E-state index is 0.301. The van der Waals surface area contributed by atoms with Crippen LogP contribution in [0.1, 0.15) is 17.4 Å². The summed E-state index contributed by atoms with van der Waals surface area (Å²) in [5.74, 6) is -0.412. The molecular weight excluding hydrogens is 230 g/mol. The summed E-state index contributed by atoms with van der Waals surface area (Å²) in [6.45, 7) is 2.11. The van der Waals surface area contributed by atoms with Gasteiger partial charge < -0.3 is 4.74 Å². The zero-order chi connectivity index (χ0) is 12.5. The van der Waals surface area contributed by atoms with Crippen molar-refractivity contribution >= 4 is 22.6 Å². The van der Waals surface area contributed by atoms with Crippen LogP contribution in [0.4, 0.5) is 0 Å². The molecule has 0 saturated heterocycles. The number of fused-ring (bicyclic) bond motifs is 3. The molecule has 0 unspecified atom stereocenters. The van der Waals surface area contributed by atoms with Crippen molar-refractivity contribution in [3.05, 3.63) is 42.4 Å². The van der Waals surface area contributed by atoms with Crippen LogP contribution in [0.5, 0.6) is 0 Å². The summed E-state index contributed by atoms with van der Waals surface area (Å²) in [4.78, 5) is 20.1. The van der Waals surface area contributed by atoms with Crippen molar-refractivity contribution in [3.63, 3.8) is 0 Å². The number of esters is 1. The Morgan fingerprint density at radius 3 is 3.17 bits per heavy atom. The van der Waals surface area contributed by atoms with E-state index in [9.17, 15) is 4.79 Å². The fraction of sp³-hybridized carbons (Fsp3) is 0.154. The van der Waals surface area contributed by atoms with Gasteiger partial charge in [-0.1, -0.05) is 6.07 Å². The van der Waals surface area contributed by atoms with E-state index >= 15 is 0 Å². The van der Waals surface area contributed by atoms with Crippen LogP contribution in [0, 0.1) is 0 Å². The molecule has 0 aromatic carbocycles. The van der Waals surface area contributed by atoms with E-state index in [2.05, 4.69) is 9.97 Å². The highest BCUT2D eigenvalue weighted by atomic mass is 16.5. The molecule has 0 bridgehead atoms. The fourth-order valence-electron chi connectivity index (χ4n) is 1.89. The maximum atomic E-state index is 11.6. The summed E-state index contributed by atoms with van der Waals surface area (Å²) in [6.07, 6.45) is 3.49. The summed E-state index contributed by atoms with van der Waals surface area (Å²) in [7, 11) is 0. The van der Waals surface area contributed by atoms with Crippen molar-refractivity contribution in [2.24, 2.45) is 0 Å². The maximum absolute atomic E-state index is 11.6. The highest BCUT2D eigenvalue weighted by Gasteiger charge is 2.11. The fourth-order valence-corrected chi connectivity index (χ4v) is 1.89. The molecule has 3 aromatic rings. The second-order valence-corrected chi connectivity index (χ2v) is 3.82. The highest BCUT2D eigenvalue weighted by molar-refractivity contribution is 5.92. The SMILES string of the molecule is CCOC(=O)c1cc2c(cn1)nc1ccccn12. The number of rotatable bonds is 2. The molecule has 3 heterocycles. The second kappa shape index (κ2) is 4.10. The highest BCUT2D eigenvalue weighted by Crippen LogP contribution is 2.16. The zero-order valence-corrected chi connectivity index (χ0v) is 9.83. The molecule has 0 fully saturated rings. The van der Waals surface area contributed by atoms with Crippen LogP contribution in [0.3, 0.4) is 0 Å². The molecule has 0 radical (unpaired) electrons. The van der Waals surface area contributed by atoms with Crippen LogP contribution in [-0.4, -0.2) is 26.9 Å². The first kappa shape index (κ1) is 10.7. The van der Waals surface area contributed by atoms with Crippen LogP contribution in [0.2, 0.25) is 0 Å². The molecule has 0 aliphatic heterocycles. The summed E-state index contributed by atoms with van der Waals surface area (Å²) in [5, 5.41) is 0. The maximum Gasteiger partial charge on any atom is 0.356 e. The molecule has 0 aliphatic carbocycles. The van der Waals surface area contributed by atoms with E-state index in [-0.39, 0.29) is 0 Å². The average Bonchev–Trinajstić information content (AvgIpc) is 2.76. The van der Waals surface area contributed by atoms with Gasteiger partial charge in [0.2, 0.25) is 0 Å². The minimum atomic E-state index is -0.412. The number of hydrogen-bond donors (Lipinski definition) is 0. The molecule has 0 spiro atoms. The predicted molar refractivity (Wildman–Crippen MR) is 66.4 cm³/mol. The van der Waals surface area contributed by atoms with Gasteiger partial charge in [-0.15, -0.1) is 0 Å². The zero-order valence-electron chi connectivity index (χ0n) is 9.83. The van der Waals surface area contributed by atoms with Gasteiger partial charge >= 0.3 is 5.97 Å². The van der Waals surface area contributed by atoms with E-state index in [4.69, 9.17) is 4.74 Å². The summed E-state index contributed by atoms with van der Waals surface area (Å²) in [6, 6.07) is 7.44. The molecule has 3 rings (SSSR count). The Balaban J connectivity index is 2.21. The van der Waals surface area contributed by atoms with Crippen molar-refractivity contribution < 1.29 is 9.53 Å².